The molecule has 1 aromatic heterocycles. The van der Waals surface area contributed by atoms with Crippen molar-refractivity contribution in [1.29, 1.82) is 0 Å². The van der Waals surface area contributed by atoms with Crippen molar-refractivity contribution in [2.45, 2.75) is 25.3 Å². The molecule has 5 nitrogen and oxygen atoms in total. The van der Waals surface area contributed by atoms with Crippen LogP contribution >= 0.6 is 0 Å². The summed E-state index contributed by atoms with van der Waals surface area (Å²) in [5.74, 6) is -0.826. The molecule has 0 spiro atoms. The number of carbonyl (C=O) groups is 1. The van der Waals surface area contributed by atoms with Crippen LogP contribution in [-0.4, -0.2) is 41.6 Å². The first-order chi connectivity index (χ1) is 13.5. The molecule has 0 aliphatic carbocycles. The maximum absolute atomic E-state index is 13.2. The summed E-state index contributed by atoms with van der Waals surface area (Å²) in [6.07, 6.45) is 1.05. The Morgan fingerprint density at radius 3 is 2.68 bits per heavy atom. The van der Waals surface area contributed by atoms with E-state index >= 15 is 0 Å². The fourth-order valence-electron chi connectivity index (χ4n) is 4.49. The van der Waals surface area contributed by atoms with Gasteiger partial charge in [-0.25, -0.2) is 8.78 Å². The second kappa shape index (κ2) is 7.83. The number of pyridine rings is 1. The van der Waals surface area contributed by atoms with Crippen LogP contribution in [0.25, 0.3) is 0 Å². The zero-order valence-corrected chi connectivity index (χ0v) is 15.5. The molecular weight excluding hydrogens is 364 g/mol. The Balaban J connectivity index is 1.29. The quantitative estimate of drug-likeness (QED) is 0.853. The van der Waals surface area contributed by atoms with Crippen LogP contribution < -0.4 is 10.9 Å². The van der Waals surface area contributed by atoms with Gasteiger partial charge >= 0.3 is 0 Å². The Morgan fingerprint density at radius 2 is 1.89 bits per heavy atom. The number of amides is 1. The van der Waals surface area contributed by atoms with Gasteiger partial charge in [-0.2, -0.15) is 0 Å². The maximum Gasteiger partial charge on any atom is 0.250 e. The number of nitrogens with one attached hydrogen (secondary N) is 1. The van der Waals surface area contributed by atoms with Crippen molar-refractivity contribution in [3.8, 4) is 0 Å². The number of fused-ring (bicyclic) bond motifs is 4. The van der Waals surface area contributed by atoms with Crippen molar-refractivity contribution < 1.29 is 13.6 Å². The molecule has 3 heterocycles. The Hall–Kier alpha value is -2.54. The monoisotopic (exact) mass is 387 g/mol. The lowest BCUT2D eigenvalue weighted by Crippen LogP contribution is -2.48. The number of likely N-dealkylation sites (tertiary alicyclic amines) is 1. The van der Waals surface area contributed by atoms with Crippen LogP contribution in [0.1, 0.15) is 23.6 Å². The zero-order valence-electron chi connectivity index (χ0n) is 15.5. The van der Waals surface area contributed by atoms with Gasteiger partial charge in [0.25, 0.3) is 5.56 Å². The summed E-state index contributed by atoms with van der Waals surface area (Å²) in [5, 5.41) is 2.83. The number of aromatic nitrogens is 1. The first kappa shape index (κ1) is 18.8. The van der Waals surface area contributed by atoms with E-state index in [0.29, 0.717) is 30.5 Å². The highest BCUT2D eigenvalue weighted by Crippen LogP contribution is 2.34. The highest BCUT2D eigenvalue weighted by atomic mass is 19.1. The molecular formula is C21H23F2N3O2. The topological polar surface area (TPSA) is 54.3 Å². The van der Waals surface area contributed by atoms with Crippen molar-refractivity contribution >= 4 is 5.91 Å². The van der Waals surface area contributed by atoms with Crippen molar-refractivity contribution in [3.63, 3.8) is 0 Å². The standard InChI is InChI=1S/C21H23F2N3O2/c22-17-7-14(8-18(23)10-17)9-20(27)24-4-5-25-11-15-6-16(13-25)19-2-1-3-21(28)26(19)12-15/h1-3,7-8,10,15-16H,4-6,9,11-13H2,(H,24,27). The van der Waals surface area contributed by atoms with Gasteiger partial charge in [0.1, 0.15) is 11.6 Å². The van der Waals surface area contributed by atoms with E-state index in [0.717, 1.165) is 37.8 Å². The second-order valence-electron chi connectivity index (χ2n) is 7.76. The molecule has 28 heavy (non-hydrogen) atoms. The van der Waals surface area contributed by atoms with E-state index in [1.165, 1.54) is 12.1 Å². The molecule has 0 saturated carbocycles. The van der Waals surface area contributed by atoms with Crippen LogP contribution in [-0.2, 0) is 17.8 Å². The molecule has 2 unspecified atom stereocenters. The molecule has 2 aliphatic heterocycles. The minimum Gasteiger partial charge on any atom is -0.355 e. The summed E-state index contributed by atoms with van der Waals surface area (Å²) in [7, 11) is 0. The van der Waals surface area contributed by atoms with E-state index in [2.05, 4.69) is 10.2 Å². The minimum atomic E-state index is -0.679. The van der Waals surface area contributed by atoms with E-state index in [1.54, 1.807) is 6.07 Å². The summed E-state index contributed by atoms with van der Waals surface area (Å²) in [4.78, 5) is 26.5. The molecule has 2 aliphatic rings. The molecule has 1 amide bonds. The summed E-state index contributed by atoms with van der Waals surface area (Å²) >= 11 is 0. The predicted molar refractivity (Wildman–Crippen MR) is 101 cm³/mol. The molecule has 7 heteroatoms. The molecule has 1 N–H and O–H groups in total. The third kappa shape index (κ3) is 4.14. The highest BCUT2D eigenvalue weighted by molar-refractivity contribution is 5.78. The van der Waals surface area contributed by atoms with Gasteiger partial charge in [-0.15, -0.1) is 0 Å². The molecule has 0 radical (unpaired) electrons. The summed E-state index contributed by atoms with van der Waals surface area (Å²) in [5.41, 5.74) is 1.50. The molecule has 1 aromatic carbocycles. The Kier molecular flexibility index (Phi) is 5.26. The van der Waals surface area contributed by atoms with Gasteiger partial charge in [0.15, 0.2) is 0 Å². The number of rotatable bonds is 5. The summed E-state index contributed by atoms with van der Waals surface area (Å²) in [6, 6.07) is 8.61. The van der Waals surface area contributed by atoms with Gasteiger partial charge in [0.05, 0.1) is 6.42 Å². The summed E-state index contributed by atoms with van der Waals surface area (Å²) < 4.78 is 28.3. The number of halogens is 2. The number of benzene rings is 1. The van der Waals surface area contributed by atoms with Crippen molar-refractivity contribution in [2.24, 2.45) is 5.92 Å². The number of hydrogen-bond acceptors (Lipinski definition) is 3. The zero-order chi connectivity index (χ0) is 19.7. The molecule has 2 atom stereocenters. The van der Waals surface area contributed by atoms with Crippen molar-refractivity contribution in [1.82, 2.24) is 14.8 Å². The molecule has 2 aromatic rings. The first-order valence-electron chi connectivity index (χ1n) is 9.61. The van der Waals surface area contributed by atoms with E-state index in [9.17, 15) is 18.4 Å². The molecule has 2 bridgehead atoms. The van der Waals surface area contributed by atoms with Crippen LogP contribution in [0.2, 0.25) is 0 Å². The fourth-order valence-corrected chi connectivity index (χ4v) is 4.49. The lowest BCUT2D eigenvalue weighted by molar-refractivity contribution is -0.120. The lowest BCUT2D eigenvalue weighted by Gasteiger charge is -2.42. The Labute approximate surface area is 162 Å². The maximum atomic E-state index is 13.2. The minimum absolute atomic E-state index is 0.0454. The average molecular weight is 387 g/mol. The van der Waals surface area contributed by atoms with Crippen molar-refractivity contribution in [2.75, 3.05) is 26.2 Å². The Morgan fingerprint density at radius 1 is 1.11 bits per heavy atom. The van der Waals surface area contributed by atoms with E-state index < -0.39 is 11.6 Å². The first-order valence-corrected chi connectivity index (χ1v) is 9.61. The van der Waals surface area contributed by atoms with E-state index in [1.807, 2.05) is 16.7 Å². The van der Waals surface area contributed by atoms with Crippen LogP contribution in [0.15, 0.2) is 41.2 Å². The van der Waals surface area contributed by atoms with Gasteiger partial charge in [-0.3, -0.25) is 9.59 Å². The predicted octanol–water partition coefficient (Wildman–Crippen LogP) is 1.90. The molecule has 4 rings (SSSR count). The third-order valence-corrected chi connectivity index (χ3v) is 5.59. The molecule has 1 fully saturated rings. The van der Waals surface area contributed by atoms with E-state index in [-0.39, 0.29) is 17.9 Å². The van der Waals surface area contributed by atoms with Gasteiger partial charge in [-0.05, 0) is 36.1 Å². The second-order valence-corrected chi connectivity index (χ2v) is 7.76. The van der Waals surface area contributed by atoms with Gasteiger partial charge in [0.2, 0.25) is 5.91 Å². The van der Waals surface area contributed by atoms with Gasteiger partial charge in [0, 0.05) is 56.5 Å². The fraction of sp³-hybridized carbons (Fsp3) is 0.429. The molecule has 1 saturated heterocycles. The van der Waals surface area contributed by atoms with E-state index in [4.69, 9.17) is 0 Å². The normalized spacial score (nSPS) is 21.2. The Bertz CT molecular complexity index is 923. The third-order valence-electron chi connectivity index (χ3n) is 5.59. The highest BCUT2D eigenvalue weighted by Gasteiger charge is 2.34. The summed E-state index contributed by atoms with van der Waals surface area (Å²) in [6.45, 7) is 3.72. The van der Waals surface area contributed by atoms with Gasteiger partial charge in [-0.1, -0.05) is 6.07 Å². The van der Waals surface area contributed by atoms with Crippen LogP contribution in [0.3, 0.4) is 0 Å². The lowest BCUT2D eigenvalue weighted by atomic mass is 9.83. The molecule has 148 valence electrons. The largest absolute Gasteiger partial charge is 0.355 e. The average Bonchev–Trinajstić information content (AvgIpc) is 2.62. The number of nitrogens with zero attached hydrogens (tertiary/aromatic N) is 2. The van der Waals surface area contributed by atoms with Crippen LogP contribution in [0.5, 0.6) is 0 Å². The number of hydrogen-bond donors (Lipinski definition) is 1. The van der Waals surface area contributed by atoms with Crippen molar-refractivity contribution in [3.05, 3.63) is 69.6 Å². The van der Waals surface area contributed by atoms with Crippen LogP contribution in [0, 0.1) is 17.6 Å². The van der Waals surface area contributed by atoms with Crippen LogP contribution in [0.4, 0.5) is 8.78 Å². The SMILES string of the molecule is O=C(Cc1cc(F)cc(F)c1)NCCN1CC2CC(C1)c1cccc(=O)n1C2. The number of carbonyl (C=O) groups excluding carboxylic acids is 1. The smallest absolute Gasteiger partial charge is 0.250 e. The number of piperidine rings is 1. The van der Waals surface area contributed by atoms with Gasteiger partial charge < -0.3 is 14.8 Å².